The summed E-state index contributed by atoms with van der Waals surface area (Å²) in [5.74, 6) is 1.47. The molecule has 1 heterocycles. The molecule has 0 saturated carbocycles. The second-order valence-corrected chi connectivity index (χ2v) is 7.69. The smallest absolute Gasteiger partial charge is 0.123 e. The van der Waals surface area contributed by atoms with Crippen molar-refractivity contribution in [2.24, 2.45) is 0 Å². The average Bonchev–Trinajstić information content (AvgIpc) is 3.14. The minimum Gasteiger partial charge on any atom is -0.497 e. The van der Waals surface area contributed by atoms with Gasteiger partial charge in [-0.05, 0) is 91.9 Å². The van der Waals surface area contributed by atoms with Crippen molar-refractivity contribution in [3.63, 3.8) is 0 Å². The Balaban J connectivity index is 1.49. The molecule has 0 spiro atoms. The van der Waals surface area contributed by atoms with E-state index >= 15 is 0 Å². The number of fused-ring (bicyclic) bond motifs is 1. The number of halogens is 1. The predicted molar refractivity (Wildman–Crippen MR) is 103 cm³/mol. The zero-order chi connectivity index (χ0) is 17.9. The Hall–Kier alpha value is -1.87. The van der Waals surface area contributed by atoms with Crippen LogP contribution in [0.3, 0.4) is 0 Å². The van der Waals surface area contributed by atoms with E-state index in [2.05, 4.69) is 23.1 Å². The van der Waals surface area contributed by atoms with Crippen molar-refractivity contribution in [2.45, 2.75) is 50.5 Å². The number of rotatable bonds is 5. The van der Waals surface area contributed by atoms with E-state index in [0.717, 1.165) is 24.3 Å². The van der Waals surface area contributed by atoms with Gasteiger partial charge in [-0.15, -0.1) is 0 Å². The van der Waals surface area contributed by atoms with Crippen LogP contribution in [0.15, 0.2) is 42.5 Å². The Labute approximate surface area is 156 Å². The van der Waals surface area contributed by atoms with Gasteiger partial charge in [0.05, 0.1) is 7.11 Å². The summed E-state index contributed by atoms with van der Waals surface area (Å²) in [5.41, 5.74) is 4.10. The van der Waals surface area contributed by atoms with Gasteiger partial charge in [-0.25, -0.2) is 4.39 Å². The summed E-state index contributed by atoms with van der Waals surface area (Å²) >= 11 is 0. The maximum atomic E-state index is 13.4. The summed E-state index contributed by atoms with van der Waals surface area (Å²) in [6.07, 6.45) is 7.18. The highest BCUT2D eigenvalue weighted by atomic mass is 19.1. The maximum absolute atomic E-state index is 13.4. The summed E-state index contributed by atoms with van der Waals surface area (Å²) in [4.78, 5) is 2.65. The van der Waals surface area contributed by atoms with Crippen molar-refractivity contribution in [1.82, 2.24) is 4.90 Å². The first-order chi connectivity index (χ1) is 12.7. The monoisotopic (exact) mass is 353 g/mol. The fourth-order valence-corrected chi connectivity index (χ4v) is 4.91. The van der Waals surface area contributed by atoms with Gasteiger partial charge >= 0.3 is 0 Å². The average molecular weight is 353 g/mol. The fourth-order valence-electron chi connectivity index (χ4n) is 4.91. The van der Waals surface area contributed by atoms with E-state index in [1.807, 2.05) is 12.1 Å². The van der Waals surface area contributed by atoms with Gasteiger partial charge in [0.1, 0.15) is 11.6 Å². The van der Waals surface area contributed by atoms with E-state index in [1.165, 1.54) is 55.8 Å². The van der Waals surface area contributed by atoms with Crippen LogP contribution in [0.5, 0.6) is 5.75 Å². The molecule has 2 aliphatic rings. The molecule has 3 heteroatoms. The second kappa shape index (κ2) is 7.79. The molecule has 2 nitrogen and oxygen atoms in total. The first kappa shape index (κ1) is 17.5. The molecule has 138 valence electrons. The summed E-state index contributed by atoms with van der Waals surface area (Å²) in [5, 5.41) is 0. The Morgan fingerprint density at radius 1 is 1.12 bits per heavy atom. The molecule has 0 aromatic heterocycles. The van der Waals surface area contributed by atoms with Crippen molar-refractivity contribution in [1.29, 1.82) is 0 Å². The van der Waals surface area contributed by atoms with Gasteiger partial charge in [-0.3, -0.25) is 4.90 Å². The number of benzene rings is 2. The number of aryl methyl sites for hydroxylation is 1. The largest absolute Gasteiger partial charge is 0.497 e. The molecule has 2 aromatic rings. The van der Waals surface area contributed by atoms with Crippen LogP contribution in [0.25, 0.3) is 0 Å². The van der Waals surface area contributed by atoms with E-state index in [4.69, 9.17) is 4.74 Å². The summed E-state index contributed by atoms with van der Waals surface area (Å²) < 4.78 is 18.9. The Kier molecular flexibility index (Phi) is 5.26. The molecule has 0 N–H and O–H groups in total. The van der Waals surface area contributed by atoms with Crippen molar-refractivity contribution >= 4 is 0 Å². The molecule has 2 unspecified atom stereocenters. The molecule has 1 fully saturated rings. The van der Waals surface area contributed by atoms with Crippen LogP contribution in [0.1, 0.15) is 48.3 Å². The van der Waals surface area contributed by atoms with Crippen LogP contribution in [0, 0.1) is 5.82 Å². The lowest BCUT2D eigenvalue weighted by molar-refractivity contribution is 0.215. The molecular weight excluding hydrogens is 325 g/mol. The molecule has 0 bridgehead atoms. The SMILES string of the molecule is COc1ccc2c(c1)CCCC2C1CCCN1CCc1cccc(F)c1. The number of ether oxygens (including phenoxy) is 1. The van der Waals surface area contributed by atoms with Gasteiger partial charge < -0.3 is 4.74 Å². The number of methoxy groups -OCH3 is 1. The topological polar surface area (TPSA) is 12.5 Å². The van der Waals surface area contributed by atoms with Gasteiger partial charge in [0.15, 0.2) is 0 Å². The summed E-state index contributed by atoms with van der Waals surface area (Å²) in [6, 6.07) is 14.3. The second-order valence-electron chi connectivity index (χ2n) is 7.69. The quantitative estimate of drug-likeness (QED) is 0.753. The number of likely N-dealkylation sites (tertiary alicyclic amines) is 1. The van der Waals surface area contributed by atoms with E-state index < -0.39 is 0 Å². The van der Waals surface area contributed by atoms with E-state index in [9.17, 15) is 4.39 Å². The van der Waals surface area contributed by atoms with E-state index in [-0.39, 0.29) is 5.82 Å². The Morgan fingerprint density at radius 2 is 2.04 bits per heavy atom. The summed E-state index contributed by atoms with van der Waals surface area (Å²) in [6.45, 7) is 2.19. The highest BCUT2D eigenvalue weighted by Gasteiger charge is 2.34. The number of hydrogen-bond donors (Lipinski definition) is 0. The zero-order valence-corrected chi connectivity index (χ0v) is 15.6. The van der Waals surface area contributed by atoms with Crippen molar-refractivity contribution in [3.05, 3.63) is 65.0 Å². The van der Waals surface area contributed by atoms with Crippen LogP contribution in [-0.2, 0) is 12.8 Å². The van der Waals surface area contributed by atoms with Crippen LogP contribution in [-0.4, -0.2) is 31.1 Å². The molecule has 4 rings (SSSR count). The minimum atomic E-state index is -0.129. The standard InChI is InChI=1S/C23H28FNO/c1-26-20-10-11-21-18(16-20)6-3-8-22(21)23-9-4-13-25(23)14-12-17-5-2-7-19(24)15-17/h2,5,7,10-11,15-16,22-23H,3-4,6,8-9,12-14H2,1H3. The molecule has 0 amide bonds. The van der Waals surface area contributed by atoms with E-state index in [1.54, 1.807) is 13.2 Å². The van der Waals surface area contributed by atoms with Crippen molar-refractivity contribution in [2.75, 3.05) is 20.2 Å². The third-order valence-corrected chi connectivity index (χ3v) is 6.17. The van der Waals surface area contributed by atoms with E-state index in [0.29, 0.717) is 12.0 Å². The molecular formula is C23H28FNO. The third kappa shape index (κ3) is 3.64. The third-order valence-electron chi connectivity index (χ3n) is 6.17. The van der Waals surface area contributed by atoms with Crippen LogP contribution >= 0.6 is 0 Å². The molecule has 26 heavy (non-hydrogen) atoms. The molecule has 0 radical (unpaired) electrons. The molecule has 1 aliphatic heterocycles. The maximum Gasteiger partial charge on any atom is 0.123 e. The van der Waals surface area contributed by atoms with Gasteiger partial charge in [0, 0.05) is 12.6 Å². The Morgan fingerprint density at radius 3 is 2.88 bits per heavy atom. The first-order valence-electron chi connectivity index (χ1n) is 9.90. The molecule has 2 atom stereocenters. The molecule has 2 aromatic carbocycles. The van der Waals surface area contributed by atoms with Crippen molar-refractivity contribution in [3.8, 4) is 5.75 Å². The highest BCUT2D eigenvalue weighted by molar-refractivity contribution is 5.40. The lowest BCUT2D eigenvalue weighted by atomic mass is 9.78. The normalized spacial score (nSPS) is 23.0. The lowest BCUT2D eigenvalue weighted by Crippen LogP contribution is -2.37. The fraction of sp³-hybridized carbons (Fsp3) is 0.478. The van der Waals surface area contributed by atoms with Gasteiger partial charge in [0.2, 0.25) is 0 Å². The van der Waals surface area contributed by atoms with Gasteiger partial charge in [0.25, 0.3) is 0 Å². The zero-order valence-electron chi connectivity index (χ0n) is 15.6. The minimum absolute atomic E-state index is 0.129. The summed E-state index contributed by atoms with van der Waals surface area (Å²) in [7, 11) is 1.74. The van der Waals surface area contributed by atoms with Crippen LogP contribution in [0.2, 0.25) is 0 Å². The number of nitrogens with zero attached hydrogens (tertiary/aromatic N) is 1. The van der Waals surface area contributed by atoms with Crippen molar-refractivity contribution < 1.29 is 9.13 Å². The molecule has 1 saturated heterocycles. The predicted octanol–water partition coefficient (Wildman–Crippen LogP) is 4.96. The first-order valence-corrected chi connectivity index (χ1v) is 9.90. The van der Waals surface area contributed by atoms with Gasteiger partial charge in [-0.1, -0.05) is 18.2 Å². The van der Waals surface area contributed by atoms with Gasteiger partial charge in [-0.2, -0.15) is 0 Å². The molecule has 1 aliphatic carbocycles. The Bertz CT molecular complexity index is 760. The lowest BCUT2D eigenvalue weighted by Gasteiger charge is -2.36. The van der Waals surface area contributed by atoms with Crippen LogP contribution in [0.4, 0.5) is 4.39 Å². The van der Waals surface area contributed by atoms with Crippen LogP contribution < -0.4 is 4.74 Å². The number of hydrogen-bond acceptors (Lipinski definition) is 2. The highest BCUT2D eigenvalue weighted by Crippen LogP contribution is 2.40.